The first-order chi connectivity index (χ1) is 7.65. The molecule has 4 nitrogen and oxygen atoms in total. The van der Waals surface area contributed by atoms with Gasteiger partial charge in [-0.15, -0.1) is 0 Å². The lowest BCUT2D eigenvalue weighted by atomic mass is 10.1. The molecule has 16 heavy (non-hydrogen) atoms. The Morgan fingerprint density at radius 3 is 2.75 bits per heavy atom. The summed E-state index contributed by atoms with van der Waals surface area (Å²) in [5, 5.41) is 0. The van der Waals surface area contributed by atoms with Crippen LogP contribution < -0.4 is 11.3 Å². The third-order valence-corrected chi connectivity index (χ3v) is 2.10. The van der Waals surface area contributed by atoms with Crippen molar-refractivity contribution in [1.29, 1.82) is 0 Å². The highest BCUT2D eigenvalue weighted by Crippen LogP contribution is 2.10. The molecule has 0 atom stereocenters. The smallest absolute Gasteiger partial charge is 0.265 e. The van der Waals surface area contributed by atoms with E-state index in [1.165, 1.54) is 0 Å². The molecule has 0 aliphatic carbocycles. The Morgan fingerprint density at radius 1 is 1.44 bits per heavy atom. The molecule has 0 aliphatic heterocycles. The first kappa shape index (κ1) is 12.7. The van der Waals surface area contributed by atoms with Gasteiger partial charge in [-0.2, -0.15) is 0 Å². The number of benzene rings is 1. The van der Waals surface area contributed by atoms with E-state index in [0.29, 0.717) is 24.7 Å². The minimum absolute atomic E-state index is 0.288. The molecule has 1 aromatic rings. The fourth-order valence-electron chi connectivity index (χ4n) is 1.35. The standard InChI is InChI=1S/C12H18N2O2/c1-9(2)7-16-8-10-5-3-4-6-11(10)12(15)14-13/h3-6,9H,7-8,13H2,1-2H3,(H,14,15). The molecule has 0 radical (unpaired) electrons. The number of amides is 1. The Morgan fingerprint density at radius 2 is 2.12 bits per heavy atom. The molecular weight excluding hydrogens is 204 g/mol. The summed E-state index contributed by atoms with van der Waals surface area (Å²) in [5.41, 5.74) is 3.54. The highest BCUT2D eigenvalue weighted by Gasteiger charge is 2.09. The van der Waals surface area contributed by atoms with Gasteiger partial charge in [-0.25, -0.2) is 5.84 Å². The van der Waals surface area contributed by atoms with E-state index in [1.54, 1.807) is 12.1 Å². The lowest BCUT2D eigenvalue weighted by Crippen LogP contribution is -2.30. The van der Waals surface area contributed by atoms with E-state index in [1.807, 2.05) is 12.1 Å². The summed E-state index contributed by atoms with van der Waals surface area (Å²) in [6.45, 7) is 5.28. The molecule has 0 spiro atoms. The van der Waals surface area contributed by atoms with Crippen molar-refractivity contribution < 1.29 is 9.53 Å². The molecule has 1 rings (SSSR count). The Balaban J connectivity index is 2.67. The number of ether oxygens (including phenoxy) is 1. The van der Waals surface area contributed by atoms with Gasteiger partial charge in [0.05, 0.1) is 6.61 Å². The Kier molecular flexibility index (Phi) is 4.95. The predicted octanol–water partition coefficient (Wildman–Crippen LogP) is 1.46. The zero-order valence-corrected chi connectivity index (χ0v) is 9.69. The number of hydrogen-bond donors (Lipinski definition) is 2. The number of nitrogen functional groups attached to an aromatic ring is 1. The van der Waals surface area contributed by atoms with Crippen LogP contribution in [0, 0.1) is 5.92 Å². The van der Waals surface area contributed by atoms with Crippen LogP contribution in [0.4, 0.5) is 0 Å². The molecule has 88 valence electrons. The van der Waals surface area contributed by atoms with Crippen LogP contribution in [0.2, 0.25) is 0 Å². The van der Waals surface area contributed by atoms with Gasteiger partial charge in [-0.3, -0.25) is 10.2 Å². The molecule has 0 unspecified atom stereocenters. The molecule has 4 heteroatoms. The average molecular weight is 222 g/mol. The molecule has 0 aromatic heterocycles. The fraction of sp³-hybridized carbons (Fsp3) is 0.417. The van der Waals surface area contributed by atoms with Gasteiger partial charge in [-0.1, -0.05) is 32.0 Å². The number of hydrazine groups is 1. The second-order valence-electron chi connectivity index (χ2n) is 4.04. The van der Waals surface area contributed by atoms with Crippen LogP contribution in [0.5, 0.6) is 0 Å². The van der Waals surface area contributed by atoms with E-state index < -0.39 is 0 Å². The largest absolute Gasteiger partial charge is 0.376 e. The number of nitrogens with two attached hydrogens (primary N) is 1. The minimum atomic E-state index is -0.288. The van der Waals surface area contributed by atoms with E-state index >= 15 is 0 Å². The summed E-state index contributed by atoms with van der Waals surface area (Å²) >= 11 is 0. The van der Waals surface area contributed by atoms with Gasteiger partial charge in [0.25, 0.3) is 5.91 Å². The van der Waals surface area contributed by atoms with Crippen molar-refractivity contribution in [3.8, 4) is 0 Å². The second-order valence-corrected chi connectivity index (χ2v) is 4.04. The lowest BCUT2D eigenvalue weighted by molar-refractivity contribution is 0.0904. The quantitative estimate of drug-likeness (QED) is 0.450. The van der Waals surface area contributed by atoms with Crippen LogP contribution in [0.3, 0.4) is 0 Å². The minimum Gasteiger partial charge on any atom is -0.376 e. The van der Waals surface area contributed by atoms with Gasteiger partial charge >= 0.3 is 0 Å². The first-order valence-corrected chi connectivity index (χ1v) is 5.31. The van der Waals surface area contributed by atoms with E-state index in [0.717, 1.165) is 5.56 Å². The summed E-state index contributed by atoms with van der Waals surface area (Å²) in [6, 6.07) is 7.28. The Labute approximate surface area is 95.8 Å². The van der Waals surface area contributed by atoms with Gasteiger partial charge in [0.1, 0.15) is 0 Å². The molecule has 1 aromatic carbocycles. The number of nitrogens with one attached hydrogen (secondary N) is 1. The van der Waals surface area contributed by atoms with E-state index in [2.05, 4.69) is 19.3 Å². The predicted molar refractivity (Wildman–Crippen MR) is 62.6 cm³/mol. The van der Waals surface area contributed by atoms with Crippen LogP contribution in [0.15, 0.2) is 24.3 Å². The van der Waals surface area contributed by atoms with Crippen LogP contribution in [-0.4, -0.2) is 12.5 Å². The maximum atomic E-state index is 11.4. The molecule has 1 amide bonds. The van der Waals surface area contributed by atoms with Crippen molar-refractivity contribution in [3.63, 3.8) is 0 Å². The summed E-state index contributed by atoms with van der Waals surface area (Å²) in [4.78, 5) is 11.4. The molecule has 0 saturated heterocycles. The summed E-state index contributed by atoms with van der Waals surface area (Å²) in [6.07, 6.45) is 0. The average Bonchev–Trinajstić information content (AvgIpc) is 2.28. The van der Waals surface area contributed by atoms with Crippen molar-refractivity contribution in [1.82, 2.24) is 5.43 Å². The maximum absolute atomic E-state index is 11.4. The lowest BCUT2D eigenvalue weighted by Gasteiger charge is -2.10. The first-order valence-electron chi connectivity index (χ1n) is 5.31. The van der Waals surface area contributed by atoms with E-state index in [9.17, 15) is 4.79 Å². The molecule has 0 saturated carbocycles. The number of rotatable bonds is 5. The second kappa shape index (κ2) is 6.25. The van der Waals surface area contributed by atoms with E-state index in [-0.39, 0.29) is 5.91 Å². The van der Waals surface area contributed by atoms with Gasteiger partial charge in [0.15, 0.2) is 0 Å². The Hall–Kier alpha value is -1.39. The molecule has 0 heterocycles. The topological polar surface area (TPSA) is 64.3 Å². The molecule has 0 bridgehead atoms. The normalized spacial score (nSPS) is 10.5. The van der Waals surface area contributed by atoms with Crippen molar-refractivity contribution in [2.75, 3.05) is 6.61 Å². The zero-order chi connectivity index (χ0) is 12.0. The third kappa shape index (κ3) is 3.64. The maximum Gasteiger partial charge on any atom is 0.265 e. The van der Waals surface area contributed by atoms with E-state index in [4.69, 9.17) is 10.6 Å². The van der Waals surface area contributed by atoms with Crippen LogP contribution >= 0.6 is 0 Å². The molecular formula is C12H18N2O2. The van der Waals surface area contributed by atoms with Crippen molar-refractivity contribution in [2.45, 2.75) is 20.5 Å². The number of carbonyl (C=O) groups is 1. The SMILES string of the molecule is CC(C)COCc1ccccc1C(=O)NN. The summed E-state index contributed by atoms with van der Waals surface area (Å²) < 4.78 is 5.50. The monoisotopic (exact) mass is 222 g/mol. The zero-order valence-electron chi connectivity index (χ0n) is 9.69. The highest BCUT2D eigenvalue weighted by molar-refractivity contribution is 5.95. The van der Waals surface area contributed by atoms with Crippen LogP contribution in [0.25, 0.3) is 0 Å². The molecule has 0 aliphatic rings. The van der Waals surface area contributed by atoms with Crippen LogP contribution in [-0.2, 0) is 11.3 Å². The third-order valence-electron chi connectivity index (χ3n) is 2.10. The van der Waals surface area contributed by atoms with Gasteiger partial charge in [-0.05, 0) is 17.5 Å². The van der Waals surface area contributed by atoms with Crippen molar-refractivity contribution in [2.24, 2.45) is 11.8 Å². The van der Waals surface area contributed by atoms with Gasteiger partial charge in [0.2, 0.25) is 0 Å². The van der Waals surface area contributed by atoms with Gasteiger partial charge in [0, 0.05) is 12.2 Å². The van der Waals surface area contributed by atoms with Gasteiger partial charge < -0.3 is 4.74 Å². The number of hydrogen-bond acceptors (Lipinski definition) is 3. The van der Waals surface area contributed by atoms with Crippen molar-refractivity contribution >= 4 is 5.91 Å². The summed E-state index contributed by atoms with van der Waals surface area (Å²) in [5.74, 6) is 5.30. The number of carbonyl (C=O) groups excluding carboxylic acids is 1. The molecule has 3 N–H and O–H groups in total. The highest BCUT2D eigenvalue weighted by atomic mass is 16.5. The summed E-state index contributed by atoms with van der Waals surface area (Å²) in [7, 11) is 0. The molecule has 0 fully saturated rings. The Bertz CT molecular complexity index is 351. The van der Waals surface area contributed by atoms with Crippen molar-refractivity contribution in [3.05, 3.63) is 35.4 Å². The van der Waals surface area contributed by atoms with Crippen LogP contribution in [0.1, 0.15) is 29.8 Å². The fourth-order valence-corrected chi connectivity index (χ4v) is 1.35.